The number of thiocarbonyl (C=S) groups is 1. The lowest BCUT2D eigenvalue weighted by Gasteiger charge is -2.12. The van der Waals surface area contributed by atoms with Gasteiger partial charge in [-0.1, -0.05) is 23.7 Å². The quantitative estimate of drug-likeness (QED) is 0.483. The summed E-state index contributed by atoms with van der Waals surface area (Å²) < 4.78 is 19.4. The van der Waals surface area contributed by atoms with Crippen LogP contribution in [0.5, 0.6) is 5.75 Å². The van der Waals surface area contributed by atoms with E-state index in [9.17, 15) is 14.0 Å². The van der Waals surface area contributed by atoms with Gasteiger partial charge in [-0.05, 0) is 58.5 Å². The van der Waals surface area contributed by atoms with Crippen molar-refractivity contribution in [3.63, 3.8) is 0 Å². The van der Waals surface area contributed by atoms with Gasteiger partial charge in [-0.2, -0.15) is 0 Å². The van der Waals surface area contributed by atoms with Gasteiger partial charge in [-0.25, -0.2) is 4.39 Å². The molecule has 0 heterocycles. The maximum atomic E-state index is 13.5. The number of hydrogen-bond donors (Lipinski definition) is 3. The minimum absolute atomic E-state index is 0.168. The van der Waals surface area contributed by atoms with E-state index in [1.54, 1.807) is 18.2 Å². The lowest BCUT2D eigenvalue weighted by atomic mass is 10.2. The van der Waals surface area contributed by atoms with Crippen LogP contribution in [0.2, 0.25) is 5.02 Å². The van der Waals surface area contributed by atoms with Gasteiger partial charge in [0.2, 0.25) is 0 Å². The van der Waals surface area contributed by atoms with Gasteiger partial charge in [-0.15, -0.1) is 0 Å². The normalized spacial score (nSPS) is 9.96. The van der Waals surface area contributed by atoms with Crippen molar-refractivity contribution in [2.45, 2.75) is 0 Å². The van der Waals surface area contributed by atoms with Crippen molar-refractivity contribution in [2.24, 2.45) is 0 Å². The molecule has 0 fully saturated rings. The molecule has 0 atom stereocenters. The molecule has 26 heavy (non-hydrogen) atoms. The van der Waals surface area contributed by atoms with Crippen LogP contribution >= 0.6 is 39.7 Å². The zero-order valence-electron chi connectivity index (χ0n) is 13.0. The Labute approximate surface area is 167 Å². The number of halogens is 3. The first-order valence-electron chi connectivity index (χ1n) is 7.09. The van der Waals surface area contributed by atoms with Gasteiger partial charge in [0.15, 0.2) is 11.7 Å². The van der Waals surface area contributed by atoms with Crippen molar-refractivity contribution >= 4 is 56.7 Å². The molecule has 0 aliphatic rings. The van der Waals surface area contributed by atoms with Crippen LogP contribution in [0.25, 0.3) is 0 Å². The maximum absolute atomic E-state index is 13.5. The fourth-order valence-corrected chi connectivity index (χ4v) is 2.69. The van der Waals surface area contributed by atoms with E-state index >= 15 is 0 Å². The highest BCUT2D eigenvalue weighted by atomic mass is 79.9. The SMILES string of the molecule is O=C(COc1ccc(Cl)cc1Br)NNC(=S)NC(=O)c1ccccc1F. The zero-order chi connectivity index (χ0) is 19.1. The fraction of sp³-hybridized carbons (Fsp3) is 0.0625. The molecular weight excluding hydrogens is 449 g/mol. The van der Waals surface area contributed by atoms with Crippen LogP contribution in [-0.4, -0.2) is 23.5 Å². The third-order valence-electron chi connectivity index (χ3n) is 2.91. The van der Waals surface area contributed by atoms with E-state index in [0.29, 0.717) is 15.2 Å². The third-order valence-corrected chi connectivity index (χ3v) is 3.97. The average Bonchev–Trinajstić information content (AvgIpc) is 2.59. The molecule has 0 saturated carbocycles. The van der Waals surface area contributed by atoms with Crippen molar-refractivity contribution in [3.05, 3.63) is 63.3 Å². The van der Waals surface area contributed by atoms with Crippen molar-refractivity contribution in [3.8, 4) is 5.75 Å². The summed E-state index contributed by atoms with van der Waals surface area (Å²) in [6.07, 6.45) is 0. The zero-order valence-corrected chi connectivity index (χ0v) is 16.2. The molecule has 0 aliphatic carbocycles. The van der Waals surface area contributed by atoms with Crippen LogP contribution in [-0.2, 0) is 4.79 Å². The van der Waals surface area contributed by atoms with Gasteiger partial charge in [-0.3, -0.25) is 25.8 Å². The number of nitrogens with one attached hydrogen (secondary N) is 3. The molecule has 0 saturated heterocycles. The molecule has 3 N–H and O–H groups in total. The molecule has 0 aromatic heterocycles. The number of rotatable bonds is 4. The van der Waals surface area contributed by atoms with Gasteiger partial charge >= 0.3 is 0 Å². The van der Waals surface area contributed by atoms with Crippen molar-refractivity contribution in [2.75, 3.05) is 6.61 Å². The fourth-order valence-electron chi connectivity index (χ4n) is 1.75. The molecule has 0 spiro atoms. The molecule has 0 unspecified atom stereocenters. The monoisotopic (exact) mass is 459 g/mol. The van der Waals surface area contributed by atoms with E-state index in [-0.39, 0.29) is 17.3 Å². The standard InChI is InChI=1S/C16H12BrClFN3O3S/c17-11-7-9(18)5-6-13(11)25-8-14(23)21-22-16(26)20-15(24)10-3-1-2-4-12(10)19/h1-7H,8H2,(H,21,23)(H2,20,22,24,26). The van der Waals surface area contributed by atoms with Crippen LogP contribution in [0, 0.1) is 5.82 Å². The van der Waals surface area contributed by atoms with E-state index < -0.39 is 17.6 Å². The van der Waals surface area contributed by atoms with Gasteiger partial charge in [0.1, 0.15) is 11.6 Å². The maximum Gasteiger partial charge on any atom is 0.276 e. The Morgan fingerprint density at radius 3 is 2.62 bits per heavy atom. The molecule has 0 aliphatic heterocycles. The Morgan fingerprint density at radius 2 is 1.92 bits per heavy atom. The Hall–Kier alpha value is -2.23. The Kier molecular flexibility index (Phi) is 7.31. The predicted molar refractivity (Wildman–Crippen MR) is 102 cm³/mol. The smallest absolute Gasteiger partial charge is 0.276 e. The Balaban J connectivity index is 1.77. The van der Waals surface area contributed by atoms with E-state index in [0.717, 1.165) is 6.07 Å². The summed E-state index contributed by atoms with van der Waals surface area (Å²) in [7, 11) is 0. The van der Waals surface area contributed by atoms with Crippen molar-refractivity contribution in [1.82, 2.24) is 16.2 Å². The van der Waals surface area contributed by atoms with E-state index in [1.807, 2.05) is 0 Å². The lowest BCUT2D eigenvalue weighted by Crippen LogP contribution is -2.49. The van der Waals surface area contributed by atoms with Gasteiger partial charge < -0.3 is 4.74 Å². The highest BCUT2D eigenvalue weighted by molar-refractivity contribution is 9.10. The van der Waals surface area contributed by atoms with Crippen molar-refractivity contribution in [1.29, 1.82) is 0 Å². The Morgan fingerprint density at radius 1 is 1.19 bits per heavy atom. The molecule has 0 radical (unpaired) electrons. The summed E-state index contributed by atoms with van der Waals surface area (Å²) in [4.78, 5) is 23.6. The summed E-state index contributed by atoms with van der Waals surface area (Å²) in [5.41, 5.74) is 4.41. The second kappa shape index (κ2) is 9.46. The van der Waals surface area contributed by atoms with Crippen LogP contribution in [0.3, 0.4) is 0 Å². The summed E-state index contributed by atoms with van der Waals surface area (Å²) in [5, 5.41) is 2.57. The average molecular weight is 461 g/mol. The molecule has 6 nitrogen and oxygen atoms in total. The summed E-state index contributed by atoms with van der Waals surface area (Å²) >= 11 is 13.9. The van der Waals surface area contributed by atoms with Gasteiger partial charge in [0.05, 0.1) is 10.0 Å². The third kappa shape index (κ3) is 5.94. The Bertz CT molecular complexity index is 853. The van der Waals surface area contributed by atoms with Crippen LogP contribution < -0.4 is 20.9 Å². The van der Waals surface area contributed by atoms with E-state index in [4.69, 9.17) is 28.6 Å². The molecule has 136 valence electrons. The minimum Gasteiger partial charge on any atom is -0.483 e. The second-order valence-electron chi connectivity index (χ2n) is 4.80. The first kappa shape index (κ1) is 20.1. The predicted octanol–water partition coefficient (Wildman–Crippen LogP) is 2.96. The number of hydrazine groups is 1. The number of hydrogen-bond acceptors (Lipinski definition) is 4. The summed E-state index contributed by atoms with van der Waals surface area (Å²) in [6, 6.07) is 10.3. The van der Waals surface area contributed by atoms with Crippen LogP contribution in [0.4, 0.5) is 4.39 Å². The number of benzene rings is 2. The topological polar surface area (TPSA) is 79.5 Å². The molecule has 2 aromatic rings. The highest BCUT2D eigenvalue weighted by Gasteiger charge is 2.12. The number of carbonyl (C=O) groups is 2. The van der Waals surface area contributed by atoms with Crippen LogP contribution in [0.1, 0.15) is 10.4 Å². The summed E-state index contributed by atoms with van der Waals surface area (Å²) in [5.74, 6) is -1.54. The van der Waals surface area contributed by atoms with Gasteiger partial charge in [0, 0.05) is 5.02 Å². The van der Waals surface area contributed by atoms with E-state index in [2.05, 4.69) is 32.1 Å². The molecule has 2 aromatic carbocycles. The van der Waals surface area contributed by atoms with Crippen molar-refractivity contribution < 1.29 is 18.7 Å². The lowest BCUT2D eigenvalue weighted by molar-refractivity contribution is -0.123. The molecule has 2 rings (SSSR count). The minimum atomic E-state index is -0.740. The largest absolute Gasteiger partial charge is 0.483 e. The number of ether oxygens (including phenoxy) is 1. The van der Waals surface area contributed by atoms with E-state index in [1.165, 1.54) is 18.2 Å². The van der Waals surface area contributed by atoms with Crippen LogP contribution in [0.15, 0.2) is 46.9 Å². The first-order chi connectivity index (χ1) is 12.4. The number of amides is 2. The highest BCUT2D eigenvalue weighted by Crippen LogP contribution is 2.27. The molecular formula is C16H12BrClFN3O3S. The van der Waals surface area contributed by atoms with Gasteiger partial charge in [0.25, 0.3) is 11.8 Å². The molecule has 2 amide bonds. The summed E-state index contributed by atoms with van der Waals surface area (Å²) in [6.45, 7) is -0.308. The molecule has 0 bridgehead atoms. The molecule has 10 heteroatoms. The number of carbonyl (C=O) groups excluding carboxylic acids is 2. The first-order valence-corrected chi connectivity index (χ1v) is 8.67. The second-order valence-corrected chi connectivity index (χ2v) is 6.50.